The number of fused-ring (bicyclic) bond motifs is 2. The summed E-state index contributed by atoms with van der Waals surface area (Å²) in [6.45, 7) is 0. The third kappa shape index (κ3) is 3.66. The van der Waals surface area contributed by atoms with Crippen molar-refractivity contribution in [2.24, 2.45) is 5.92 Å². The zero-order valence-corrected chi connectivity index (χ0v) is 19.2. The fourth-order valence-corrected chi connectivity index (χ4v) is 4.51. The van der Waals surface area contributed by atoms with E-state index in [4.69, 9.17) is 4.98 Å². The Balaban J connectivity index is 1.28. The molecular formula is C27H22N8O. The van der Waals surface area contributed by atoms with Gasteiger partial charge in [-0.2, -0.15) is 5.10 Å². The third-order valence-corrected chi connectivity index (χ3v) is 6.58. The minimum atomic E-state index is -0.538. The summed E-state index contributed by atoms with van der Waals surface area (Å²) in [6, 6.07) is 13.9. The number of benzene rings is 1. The van der Waals surface area contributed by atoms with Crippen molar-refractivity contribution in [1.29, 1.82) is 0 Å². The first-order valence-corrected chi connectivity index (χ1v) is 11.9. The van der Waals surface area contributed by atoms with Gasteiger partial charge in [-0.15, -0.1) is 0 Å². The number of hydrogen-bond acceptors (Lipinski definition) is 7. The molecule has 1 saturated carbocycles. The van der Waals surface area contributed by atoms with E-state index in [1.54, 1.807) is 24.8 Å². The number of anilines is 1. The van der Waals surface area contributed by atoms with Crippen LogP contribution in [-0.4, -0.2) is 46.5 Å². The van der Waals surface area contributed by atoms with E-state index in [0.29, 0.717) is 11.7 Å². The maximum absolute atomic E-state index is 10.3. The topological polar surface area (TPSA) is 128 Å². The lowest BCUT2D eigenvalue weighted by Gasteiger charge is -2.13. The van der Waals surface area contributed by atoms with Gasteiger partial charge >= 0.3 is 0 Å². The summed E-state index contributed by atoms with van der Waals surface area (Å²) >= 11 is 0. The molecule has 0 saturated heterocycles. The summed E-state index contributed by atoms with van der Waals surface area (Å²) in [6.07, 6.45) is 10.4. The molecule has 7 rings (SSSR count). The Labute approximate surface area is 205 Å². The second kappa shape index (κ2) is 8.24. The molecule has 1 aliphatic rings. The van der Waals surface area contributed by atoms with E-state index >= 15 is 0 Å². The van der Waals surface area contributed by atoms with Crippen LogP contribution in [0.5, 0.6) is 0 Å². The zero-order chi connectivity index (χ0) is 24.1. The van der Waals surface area contributed by atoms with Crippen LogP contribution in [0.2, 0.25) is 0 Å². The fraction of sp³-hybridized carbons (Fsp3) is 0.148. The predicted molar refractivity (Wildman–Crippen MR) is 138 cm³/mol. The molecule has 5 heterocycles. The van der Waals surface area contributed by atoms with E-state index < -0.39 is 6.23 Å². The van der Waals surface area contributed by atoms with Crippen LogP contribution in [0.4, 0.5) is 5.69 Å². The third-order valence-electron chi connectivity index (χ3n) is 6.58. The van der Waals surface area contributed by atoms with Crippen molar-refractivity contribution >= 4 is 27.6 Å². The number of pyridine rings is 3. The maximum Gasteiger partial charge on any atom is 0.159 e. The number of aromatic nitrogens is 7. The largest absolute Gasteiger partial charge is 0.374 e. The molecule has 1 unspecified atom stereocenters. The zero-order valence-electron chi connectivity index (χ0n) is 19.2. The number of H-pyrrole nitrogens is 2. The standard InChI is InChI=1S/C27H22N8O/c36-27(15-4-5-15)31-18-9-17(11-28-12-18)16-6-7-22-19(10-16)25(35-34-22)26-32-23-14-29-13-20(24(23)33-26)21-3-1-2-8-30-21/h1-3,6-15,27,31,36H,4-5H2,(H,32,33)(H,34,35). The molecule has 0 spiro atoms. The number of imidazole rings is 1. The van der Waals surface area contributed by atoms with Crippen LogP contribution in [0.25, 0.3) is 55.8 Å². The fourth-order valence-electron chi connectivity index (χ4n) is 4.51. The van der Waals surface area contributed by atoms with Crippen molar-refractivity contribution in [2.75, 3.05) is 5.32 Å². The number of aliphatic hydroxyl groups is 1. The average molecular weight is 475 g/mol. The van der Waals surface area contributed by atoms with Gasteiger partial charge in [0.1, 0.15) is 17.4 Å². The van der Waals surface area contributed by atoms with Crippen molar-refractivity contribution in [3.63, 3.8) is 0 Å². The smallest absolute Gasteiger partial charge is 0.159 e. The van der Waals surface area contributed by atoms with Gasteiger partial charge in [0.15, 0.2) is 5.82 Å². The Morgan fingerprint density at radius 2 is 1.86 bits per heavy atom. The highest BCUT2D eigenvalue weighted by molar-refractivity contribution is 5.97. The van der Waals surface area contributed by atoms with Crippen molar-refractivity contribution in [3.8, 4) is 33.9 Å². The summed E-state index contributed by atoms with van der Waals surface area (Å²) in [7, 11) is 0. The van der Waals surface area contributed by atoms with Gasteiger partial charge < -0.3 is 15.4 Å². The minimum absolute atomic E-state index is 0.329. The summed E-state index contributed by atoms with van der Waals surface area (Å²) in [5, 5.41) is 22.0. The van der Waals surface area contributed by atoms with Gasteiger partial charge in [-0.3, -0.25) is 20.1 Å². The Morgan fingerprint density at radius 3 is 2.72 bits per heavy atom. The molecule has 9 heteroatoms. The van der Waals surface area contributed by atoms with E-state index in [2.05, 4.69) is 41.5 Å². The monoisotopic (exact) mass is 474 g/mol. The summed E-state index contributed by atoms with van der Waals surface area (Å²) < 4.78 is 0. The first-order valence-electron chi connectivity index (χ1n) is 11.9. The summed E-state index contributed by atoms with van der Waals surface area (Å²) in [4.78, 5) is 21.5. The van der Waals surface area contributed by atoms with Crippen molar-refractivity contribution in [2.45, 2.75) is 19.1 Å². The Morgan fingerprint density at radius 1 is 0.944 bits per heavy atom. The molecule has 1 atom stereocenters. The first-order chi connectivity index (χ1) is 17.7. The number of aromatic amines is 2. The molecule has 176 valence electrons. The van der Waals surface area contributed by atoms with E-state index in [9.17, 15) is 5.11 Å². The Bertz CT molecular complexity index is 1700. The number of hydrogen-bond donors (Lipinski definition) is 4. The van der Waals surface area contributed by atoms with Crippen LogP contribution in [0.15, 0.2) is 73.4 Å². The summed E-state index contributed by atoms with van der Waals surface area (Å²) in [5.74, 6) is 0.982. The van der Waals surface area contributed by atoms with Crippen LogP contribution in [-0.2, 0) is 0 Å². The van der Waals surface area contributed by atoms with Gasteiger partial charge in [-0.1, -0.05) is 12.1 Å². The molecule has 1 aliphatic carbocycles. The van der Waals surface area contributed by atoms with Gasteiger partial charge in [-0.05, 0) is 48.7 Å². The highest BCUT2D eigenvalue weighted by atomic mass is 16.3. The molecular weight excluding hydrogens is 452 g/mol. The molecule has 0 aliphatic heterocycles. The Hall–Kier alpha value is -4.63. The number of nitrogens with zero attached hydrogens (tertiary/aromatic N) is 5. The Kier molecular flexibility index (Phi) is 4.74. The van der Waals surface area contributed by atoms with Gasteiger partial charge in [0.2, 0.25) is 0 Å². The summed E-state index contributed by atoms with van der Waals surface area (Å²) in [5.41, 5.74) is 7.66. The highest BCUT2D eigenvalue weighted by Crippen LogP contribution is 2.35. The van der Waals surface area contributed by atoms with Crippen molar-refractivity contribution < 1.29 is 5.11 Å². The van der Waals surface area contributed by atoms with E-state index in [-0.39, 0.29) is 0 Å². The van der Waals surface area contributed by atoms with Crippen LogP contribution >= 0.6 is 0 Å². The predicted octanol–water partition coefficient (Wildman–Crippen LogP) is 4.77. The number of rotatable bonds is 6. The lowest BCUT2D eigenvalue weighted by Crippen LogP contribution is -2.20. The minimum Gasteiger partial charge on any atom is -0.374 e. The molecule has 0 radical (unpaired) electrons. The lowest BCUT2D eigenvalue weighted by molar-refractivity contribution is 0.180. The van der Waals surface area contributed by atoms with Crippen LogP contribution in [0, 0.1) is 5.92 Å². The van der Waals surface area contributed by atoms with Crippen molar-refractivity contribution in [1.82, 2.24) is 35.1 Å². The number of nitrogens with one attached hydrogen (secondary N) is 3. The van der Waals surface area contributed by atoms with Gasteiger partial charge in [0, 0.05) is 41.0 Å². The average Bonchev–Trinajstić information content (AvgIpc) is 3.55. The van der Waals surface area contributed by atoms with Crippen LogP contribution in [0.1, 0.15) is 12.8 Å². The lowest BCUT2D eigenvalue weighted by atomic mass is 10.0. The van der Waals surface area contributed by atoms with Gasteiger partial charge in [-0.25, -0.2) is 4.98 Å². The first kappa shape index (κ1) is 20.7. The molecule has 0 bridgehead atoms. The molecule has 4 N–H and O–H groups in total. The van der Waals surface area contributed by atoms with Gasteiger partial charge in [0.05, 0.1) is 34.8 Å². The van der Waals surface area contributed by atoms with E-state index in [1.165, 1.54) is 0 Å². The molecule has 6 aromatic rings. The van der Waals surface area contributed by atoms with E-state index in [0.717, 1.165) is 68.5 Å². The molecule has 1 fully saturated rings. The van der Waals surface area contributed by atoms with Crippen molar-refractivity contribution in [3.05, 3.63) is 73.4 Å². The number of aliphatic hydroxyl groups excluding tert-OH is 1. The SMILES string of the molecule is OC(Nc1cncc(-c2ccc3[nH]nc(-c4nc5c(-c6ccccn6)cncc5[nH]4)c3c2)c1)C1CC1. The molecule has 36 heavy (non-hydrogen) atoms. The normalized spacial score (nSPS) is 14.4. The molecule has 9 nitrogen and oxygen atoms in total. The second-order valence-corrected chi connectivity index (χ2v) is 9.11. The molecule has 1 aromatic carbocycles. The highest BCUT2D eigenvalue weighted by Gasteiger charge is 2.29. The van der Waals surface area contributed by atoms with Crippen LogP contribution < -0.4 is 5.32 Å². The molecule has 5 aromatic heterocycles. The van der Waals surface area contributed by atoms with E-state index in [1.807, 2.05) is 42.6 Å². The quantitative estimate of drug-likeness (QED) is 0.256. The maximum atomic E-state index is 10.3. The van der Waals surface area contributed by atoms with Gasteiger partial charge in [0.25, 0.3) is 0 Å². The molecule has 0 amide bonds. The van der Waals surface area contributed by atoms with Crippen LogP contribution in [0.3, 0.4) is 0 Å². The second-order valence-electron chi connectivity index (χ2n) is 9.11.